The van der Waals surface area contributed by atoms with Crippen molar-refractivity contribution in [1.82, 2.24) is 9.97 Å². The Balaban J connectivity index is 1.63. The number of pyridine rings is 1. The van der Waals surface area contributed by atoms with Crippen LogP contribution in [0.25, 0.3) is 21.3 Å². The molecule has 0 spiro atoms. The third-order valence-electron chi connectivity index (χ3n) is 4.28. The zero-order valence-corrected chi connectivity index (χ0v) is 14.2. The van der Waals surface area contributed by atoms with Crippen LogP contribution in [-0.4, -0.2) is 22.0 Å². The van der Waals surface area contributed by atoms with E-state index in [2.05, 4.69) is 15.3 Å². The number of aromatic nitrogens is 2. The average Bonchev–Trinajstić information content (AvgIpc) is 3.20. The SMILES string of the molecule is Cc1cc(CF)ncc1-c1ccc2nc(NC(=O)[C@@H]3CC3F)sc2c1. The number of alkyl halides is 2. The van der Waals surface area contributed by atoms with Crippen molar-refractivity contribution in [3.8, 4) is 11.1 Å². The molecule has 1 N–H and O–H groups in total. The van der Waals surface area contributed by atoms with Gasteiger partial charge in [0.2, 0.25) is 5.91 Å². The van der Waals surface area contributed by atoms with Gasteiger partial charge in [0.05, 0.1) is 21.8 Å². The molecule has 4 rings (SSSR count). The summed E-state index contributed by atoms with van der Waals surface area (Å²) in [5.74, 6) is -0.848. The maximum Gasteiger partial charge on any atom is 0.232 e. The molecule has 0 radical (unpaired) electrons. The van der Waals surface area contributed by atoms with E-state index in [-0.39, 0.29) is 5.91 Å². The van der Waals surface area contributed by atoms with Gasteiger partial charge in [0.15, 0.2) is 5.13 Å². The number of benzene rings is 1. The monoisotopic (exact) mass is 359 g/mol. The molecule has 25 heavy (non-hydrogen) atoms. The molecule has 128 valence electrons. The molecule has 2 aromatic heterocycles. The fraction of sp³-hybridized carbons (Fsp3) is 0.278. The number of anilines is 1. The van der Waals surface area contributed by atoms with Crippen molar-refractivity contribution in [2.45, 2.75) is 26.2 Å². The Bertz CT molecular complexity index is 972. The molecule has 0 saturated heterocycles. The second kappa shape index (κ2) is 6.15. The van der Waals surface area contributed by atoms with E-state index in [4.69, 9.17) is 0 Å². The Labute approximate surface area is 146 Å². The zero-order valence-electron chi connectivity index (χ0n) is 13.4. The van der Waals surface area contributed by atoms with Crippen LogP contribution in [0.3, 0.4) is 0 Å². The lowest BCUT2D eigenvalue weighted by Crippen LogP contribution is -2.14. The van der Waals surface area contributed by atoms with E-state index in [0.29, 0.717) is 17.2 Å². The van der Waals surface area contributed by atoms with Crippen LogP contribution in [0.15, 0.2) is 30.5 Å². The molecule has 4 nitrogen and oxygen atoms in total. The first-order valence-electron chi connectivity index (χ1n) is 7.92. The first kappa shape index (κ1) is 16.1. The molecule has 1 amide bonds. The molecule has 1 saturated carbocycles. The van der Waals surface area contributed by atoms with Gasteiger partial charge in [-0.25, -0.2) is 13.8 Å². The third kappa shape index (κ3) is 3.11. The number of halogens is 2. The fourth-order valence-corrected chi connectivity index (χ4v) is 3.68. The van der Waals surface area contributed by atoms with Crippen LogP contribution in [0.1, 0.15) is 17.7 Å². The number of amides is 1. The summed E-state index contributed by atoms with van der Waals surface area (Å²) in [4.78, 5) is 20.3. The summed E-state index contributed by atoms with van der Waals surface area (Å²) >= 11 is 1.35. The Morgan fingerprint density at radius 3 is 2.88 bits per heavy atom. The van der Waals surface area contributed by atoms with Crippen LogP contribution in [0.4, 0.5) is 13.9 Å². The van der Waals surface area contributed by atoms with Crippen LogP contribution in [-0.2, 0) is 11.5 Å². The van der Waals surface area contributed by atoms with Crippen molar-refractivity contribution in [2.75, 3.05) is 5.32 Å². The first-order valence-corrected chi connectivity index (χ1v) is 8.74. The lowest BCUT2D eigenvalue weighted by Gasteiger charge is -2.06. The Morgan fingerprint density at radius 1 is 1.40 bits per heavy atom. The predicted octanol–water partition coefficient (Wildman–Crippen LogP) is 4.43. The smallest absolute Gasteiger partial charge is 0.232 e. The summed E-state index contributed by atoms with van der Waals surface area (Å²) in [6.07, 6.45) is 0.940. The average molecular weight is 359 g/mol. The van der Waals surface area contributed by atoms with Gasteiger partial charge in [-0.1, -0.05) is 17.4 Å². The van der Waals surface area contributed by atoms with Gasteiger partial charge in [0.25, 0.3) is 0 Å². The molecule has 0 aliphatic heterocycles. The van der Waals surface area contributed by atoms with Crippen molar-refractivity contribution >= 4 is 32.6 Å². The van der Waals surface area contributed by atoms with Crippen LogP contribution in [0, 0.1) is 12.8 Å². The number of nitrogens with one attached hydrogen (secondary N) is 1. The number of fused-ring (bicyclic) bond motifs is 1. The maximum absolute atomic E-state index is 13.0. The summed E-state index contributed by atoms with van der Waals surface area (Å²) in [6, 6.07) is 7.50. The number of carbonyl (C=O) groups excluding carboxylic acids is 1. The zero-order chi connectivity index (χ0) is 17.6. The molecule has 1 aliphatic rings. The van der Waals surface area contributed by atoms with Crippen molar-refractivity contribution in [2.24, 2.45) is 5.92 Å². The van der Waals surface area contributed by atoms with Gasteiger partial charge in [-0.3, -0.25) is 9.78 Å². The molecule has 3 aromatic rings. The molecular formula is C18H15F2N3OS. The van der Waals surface area contributed by atoms with Gasteiger partial charge < -0.3 is 5.32 Å². The molecule has 2 heterocycles. The summed E-state index contributed by atoms with van der Waals surface area (Å²) in [5.41, 5.74) is 4.01. The lowest BCUT2D eigenvalue weighted by atomic mass is 10.0. The van der Waals surface area contributed by atoms with Gasteiger partial charge in [0.1, 0.15) is 12.8 Å². The summed E-state index contributed by atoms with van der Waals surface area (Å²) < 4.78 is 26.6. The van der Waals surface area contributed by atoms with Crippen molar-refractivity contribution < 1.29 is 13.6 Å². The van der Waals surface area contributed by atoms with Crippen LogP contribution >= 0.6 is 11.3 Å². The van der Waals surface area contributed by atoms with E-state index in [9.17, 15) is 13.6 Å². The molecule has 1 fully saturated rings. The lowest BCUT2D eigenvalue weighted by molar-refractivity contribution is -0.117. The van der Waals surface area contributed by atoms with Gasteiger partial charge in [-0.05, 0) is 42.7 Å². The summed E-state index contributed by atoms with van der Waals surface area (Å²) in [7, 11) is 0. The standard InChI is InChI=1S/C18H15F2N3OS/c1-9-4-11(7-19)21-8-13(9)10-2-3-15-16(5-10)25-18(22-15)23-17(24)12-6-14(12)20/h2-5,8,12,14H,6-7H2,1H3,(H,22,23,24)/t12-,14?/m1/s1. The number of hydrogen-bond donors (Lipinski definition) is 1. The third-order valence-corrected chi connectivity index (χ3v) is 5.22. The largest absolute Gasteiger partial charge is 0.302 e. The number of thiazole rings is 1. The highest BCUT2D eigenvalue weighted by atomic mass is 32.1. The van der Waals surface area contributed by atoms with E-state index in [1.807, 2.05) is 25.1 Å². The minimum absolute atomic E-state index is 0.294. The first-order chi connectivity index (χ1) is 12.0. The quantitative estimate of drug-likeness (QED) is 0.750. The number of nitrogens with zero attached hydrogens (tertiary/aromatic N) is 2. The fourth-order valence-electron chi connectivity index (χ4n) is 2.77. The molecule has 1 aliphatic carbocycles. The van der Waals surface area contributed by atoms with E-state index in [0.717, 1.165) is 26.9 Å². The Kier molecular flexibility index (Phi) is 3.95. The van der Waals surface area contributed by atoms with E-state index < -0.39 is 18.8 Å². The molecule has 1 unspecified atom stereocenters. The van der Waals surface area contributed by atoms with Crippen LogP contribution < -0.4 is 5.32 Å². The number of hydrogen-bond acceptors (Lipinski definition) is 4. The van der Waals surface area contributed by atoms with Crippen LogP contribution in [0.2, 0.25) is 0 Å². The second-order valence-corrected chi connectivity index (χ2v) is 7.20. The predicted molar refractivity (Wildman–Crippen MR) is 94.0 cm³/mol. The van der Waals surface area contributed by atoms with Crippen molar-refractivity contribution in [1.29, 1.82) is 0 Å². The molecule has 0 bridgehead atoms. The van der Waals surface area contributed by atoms with E-state index in [1.54, 1.807) is 12.3 Å². The minimum Gasteiger partial charge on any atom is -0.302 e. The molecular weight excluding hydrogens is 344 g/mol. The van der Waals surface area contributed by atoms with Crippen molar-refractivity contribution in [3.05, 3.63) is 41.7 Å². The molecule has 7 heteroatoms. The highest BCUT2D eigenvalue weighted by molar-refractivity contribution is 7.22. The van der Waals surface area contributed by atoms with Gasteiger partial charge in [-0.15, -0.1) is 0 Å². The number of aryl methyl sites for hydroxylation is 1. The topological polar surface area (TPSA) is 54.9 Å². The van der Waals surface area contributed by atoms with Gasteiger partial charge in [0, 0.05) is 11.8 Å². The van der Waals surface area contributed by atoms with Crippen LogP contribution in [0.5, 0.6) is 0 Å². The van der Waals surface area contributed by atoms with E-state index >= 15 is 0 Å². The van der Waals surface area contributed by atoms with E-state index in [1.165, 1.54) is 11.3 Å². The minimum atomic E-state index is -1.02. The van der Waals surface area contributed by atoms with Gasteiger partial charge in [-0.2, -0.15) is 0 Å². The van der Waals surface area contributed by atoms with Gasteiger partial charge >= 0.3 is 0 Å². The number of carbonyl (C=O) groups is 1. The maximum atomic E-state index is 13.0. The molecule has 2 atom stereocenters. The number of rotatable bonds is 4. The second-order valence-electron chi connectivity index (χ2n) is 6.17. The summed E-state index contributed by atoms with van der Waals surface area (Å²) in [6.45, 7) is 1.33. The molecule has 1 aromatic carbocycles. The summed E-state index contributed by atoms with van der Waals surface area (Å²) in [5, 5.41) is 3.16. The van der Waals surface area contributed by atoms with Crippen molar-refractivity contribution in [3.63, 3.8) is 0 Å². The highest BCUT2D eigenvalue weighted by Crippen LogP contribution is 2.36. The highest BCUT2D eigenvalue weighted by Gasteiger charge is 2.43. The normalized spacial score (nSPS) is 19.2. The Hall–Kier alpha value is -2.41. The Morgan fingerprint density at radius 2 is 2.20 bits per heavy atom.